The van der Waals surface area contributed by atoms with Crippen LogP contribution in [0.15, 0.2) is 42.5 Å². The molecule has 1 unspecified atom stereocenters. The zero-order valence-corrected chi connectivity index (χ0v) is 14.0. The van der Waals surface area contributed by atoms with Crippen LogP contribution in [-0.4, -0.2) is 19.8 Å². The third-order valence-corrected chi connectivity index (χ3v) is 4.06. The number of hydrogen-bond donors (Lipinski definition) is 1. The lowest BCUT2D eigenvalue weighted by Crippen LogP contribution is -2.25. The second kappa shape index (κ2) is 6.83. The van der Waals surface area contributed by atoms with Gasteiger partial charge in [0.2, 0.25) is 12.7 Å². The Hall–Kier alpha value is -2.69. The van der Waals surface area contributed by atoms with Crippen LogP contribution in [0.25, 0.3) is 0 Å². The van der Waals surface area contributed by atoms with Crippen molar-refractivity contribution in [3.05, 3.63) is 48.0 Å². The van der Waals surface area contributed by atoms with Crippen molar-refractivity contribution in [2.45, 2.75) is 19.8 Å². The van der Waals surface area contributed by atoms with E-state index in [9.17, 15) is 4.79 Å². The first-order valence-corrected chi connectivity index (χ1v) is 7.93. The first-order chi connectivity index (χ1) is 11.6. The summed E-state index contributed by atoms with van der Waals surface area (Å²) >= 11 is 0. The number of hydrogen-bond acceptors (Lipinski definition) is 4. The fourth-order valence-corrected chi connectivity index (χ4v) is 2.84. The van der Waals surface area contributed by atoms with Crippen LogP contribution in [0.2, 0.25) is 0 Å². The van der Waals surface area contributed by atoms with Gasteiger partial charge in [-0.15, -0.1) is 0 Å². The van der Waals surface area contributed by atoms with Crippen molar-refractivity contribution < 1.29 is 19.0 Å². The summed E-state index contributed by atoms with van der Waals surface area (Å²) in [5.41, 5.74) is 1.66. The minimum absolute atomic E-state index is 0.0472. The van der Waals surface area contributed by atoms with E-state index in [0.29, 0.717) is 17.2 Å². The summed E-state index contributed by atoms with van der Waals surface area (Å²) in [5.74, 6) is 1.99. The molecular weight excluding hydrogens is 306 g/mol. The smallest absolute Gasteiger partial charge is 0.232 e. The molecule has 0 aliphatic carbocycles. The molecule has 1 aliphatic rings. The summed E-state index contributed by atoms with van der Waals surface area (Å²) in [5, 5.41) is 2.97. The molecule has 1 heterocycles. The van der Waals surface area contributed by atoms with Crippen LogP contribution in [-0.2, 0) is 4.79 Å². The highest BCUT2D eigenvalue weighted by molar-refractivity contribution is 5.96. The molecule has 1 amide bonds. The van der Waals surface area contributed by atoms with E-state index >= 15 is 0 Å². The van der Waals surface area contributed by atoms with E-state index < -0.39 is 0 Å². The standard InChI is InChI=1S/C19H21NO4/c1-12(2)18(13-4-7-15(22-3)8-5-13)19(21)20-14-6-9-16-17(10-14)24-11-23-16/h4-10,12,18H,11H2,1-3H3,(H,20,21). The van der Waals surface area contributed by atoms with E-state index in [4.69, 9.17) is 14.2 Å². The predicted octanol–water partition coefficient (Wildman–Crippen LogP) is 3.80. The zero-order chi connectivity index (χ0) is 17.1. The Labute approximate surface area is 141 Å². The molecule has 0 radical (unpaired) electrons. The number of methoxy groups -OCH3 is 1. The van der Waals surface area contributed by atoms with Crippen molar-refractivity contribution in [3.63, 3.8) is 0 Å². The van der Waals surface area contributed by atoms with Gasteiger partial charge in [0.15, 0.2) is 11.5 Å². The van der Waals surface area contributed by atoms with E-state index in [1.54, 1.807) is 19.2 Å². The molecule has 1 atom stereocenters. The Morgan fingerprint density at radius 2 is 1.79 bits per heavy atom. The summed E-state index contributed by atoms with van der Waals surface area (Å²) in [7, 11) is 1.63. The van der Waals surface area contributed by atoms with Crippen LogP contribution in [0.1, 0.15) is 25.3 Å². The summed E-state index contributed by atoms with van der Waals surface area (Å²) in [4.78, 5) is 12.8. The van der Waals surface area contributed by atoms with Gasteiger partial charge in [0.1, 0.15) is 5.75 Å². The van der Waals surface area contributed by atoms with Crippen LogP contribution in [0.5, 0.6) is 17.2 Å². The van der Waals surface area contributed by atoms with Crippen LogP contribution >= 0.6 is 0 Å². The largest absolute Gasteiger partial charge is 0.497 e. The fourth-order valence-electron chi connectivity index (χ4n) is 2.84. The molecule has 3 rings (SSSR count). The quantitative estimate of drug-likeness (QED) is 0.907. The van der Waals surface area contributed by atoms with E-state index in [0.717, 1.165) is 11.3 Å². The lowest BCUT2D eigenvalue weighted by Gasteiger charge is -2.21. The van der Waals surface area contributed by atoms with E-state index in [2.05, 4.69) is 5.32 Å². The van der Waals surface area contributed by atoms with Crippen LogP contribution < -0.4 is 19.5 Å². The van der Waals surface area contributed by atoms with Crippen molar-refractivity contribution in [1.29, 1.82) is 0 Å². The highest BCUT2D eigenvalue weighted by atomic mass is 16.7. The molecule has 2 aromatic rings. The lowest BCUT2D eigenvalue weighted by molar-refractivity contribution is -0.118. The summed E-state index contributed by atoms with van der Waals surface area (Å²) in [6.45, 7) is 4.29. The predicted molar refractivity (Wildman–Crippen MR) is 91.8 cm³/mol. The molecule has 0 fully saturated rings. The molecule has 0 spiro atoms. The average Bonchev–Trinajstić information content (AvgIpc) is 3.03. The maximum absolute atomic E-state index is 12.8. The van der Waals surface area contributed by atoms with Gasteiger partial charge in [-0.25, -0.2) is 0 Å². The molecule has 24 heavy (non-hydrogen) atoms. The van der Waals surface area contributed by atoms with Gasteiger partial charge in [0.25, 0.3) is 0 Å². The van der Waals surface area contributed by atoms with Gasteiger partial charge in [-0.05, 0) is 35.7 Å². The van der Waals surface area contributed by atoms with Crippen LogP contribution in [0.4, 0.5) is 5.69 Å². The molecule has 1 aliphatic heterocycles. The molecule has 1 N–H and O–H groups in total. The average molecular weight is 327 g/mol. The van der Waals surface area contributed by atoms with Gasteiger partial charge in [0, 0.05) is 11.8 Å². The third kappa shape index (κ3) is 3.30. The SMILES string of the molecule is COc1ccc(C(C(=O)Nc2ccc3c(c2)OCO3)C(C)C)cc1. The number of nitrogens with one attached hydrogen (secondary N) is 1. The number of carbonyl (C=O) groups is 1. The number of fused-ring (bicyclic) bond motifs is 1. The second-order valence-corrected chi connectivity index (χ2v) is 6.05. The number of ether oxygens (including phenoxy) is 3. The molecule has 126 valence electrons. The summed E-state index contributed by atoms with van der Waals surface area (Å²) in [6.07, 6.45) is 0. The Morgan fingerprint density at radius 1 is 1.08 bits per heavy atom. The molecule has 2 aromatic carbocycles. The molecule has 0 saturated carbocycles. The van der Waals surface area contributed by atoms with Gasteiger partial charge >= 0.3 is 0 Å². The Balaban J connectivity index is 1.79. The number of amides is 1. The minimum Gasteiger partial charge on any atom is -0.497 e. The van der Waals surface area contributed by atoms with E-state index in [-0.39, 0.29) is 24.5 Å². The minimum atomic E-state index is -0.249. The van der Waals surface area contributed by atoms with Crippen molar-refractivity contribution >= 4 is 11.6 Å². The van der Waals surface area contributed by atoms with Crippen LogP contribution in [0, 0.1) is 5.92 Å². The highest BCUT2D eigenvalue weighted by Gasteiger charge is 2.25. The van der Waals surface area contributed by atoms with Gasteiger partial charge in [-0.1, -0.05) is 26.0 Å². The molecule has 0 bridgehead atoms. The molecular formula is C19H21NO4. The lowest BCUT2D eigenvalue weighted by atomic mass is 9.87. The maximum atomic E-state index is 12.8. The molecule has 5 nitrogen and oxygen atoms in total. The normalized spacial score (nSPS) is 13.7. The monoisotopic (exact) mass is 327 g/mol. The van der Waals surface area contributed by atoms with Gasteiger partial charge in [-0.3, -0.25) is 4.79 Å². The van der Waals surface area contributed by atoms with Crippen molar-refractivity contribution in [2.75, 3.05) is 19.2 Å². The first kappa shape index (κ1) is 16.2. The number of rotatable bonds is 5. The van der Waals surface area contributed by atoms with Crippen LogP contribution in [0.3, 0.4) is 0 Å². The van der Waals surface area contributed by atoms with Gasteiger partial charge < -0.3 is 19.5 Å². The zero-order valence-electron chi connectivity index (χ0n) is 14.0. The number of benzene rings is 2. The summed E-state index contributed by atoms with van der Waals surface area (Å²) < 4.78 is 15.8. The van der Waals surface area contributed by atoms with Gasteiger partial charge in [0.05, 0.1) is 13.0 Å². The topological polar surface area (TPSA) is 56.8 Å². The Kier molecular flexibility index (Phi) is 4.60. The number of carbonyl (C=O) groups excluding carboxylic acids is 1. The van der Waals surface area contributed by atoms with E-state index in [1.807, 2.05) is 44.2 Å². The molecule has 5 heteroatoms. The van der Waals surface area contributed by atoms with Gasteiger partial charge in [-0.2, -0.15) is 0 Å². The molecule has 0 saturated heterocycles. The van der Waals surface area contributed by atoms with E-state index in [1.165, 1.54) is 0 Å². The highest BCUT2D eigenvalue weighted by Crippen LogP contribution is 2.35. The molecule has 0 aromatic heterocycles. The fraction of sp³-hybridized carbons (Fsp3) is 0.316. The number of anilines is 1. The Morgan fingerprint density at radius 3 is 2.46 bits per heavy atom. The summed E-state index contributed by atoms with van der Waals surface area (Å²) in [6, 6.07) is 13.0. The second-order valence-electron chi connectivity index (χ2n) is 6.05. The van der Waals surface area contributed by atoms with Crippen molar-refractivity contribution in [2.24, 2.45) is 5.92 Å². The Bertz CT molecular complexity index is 725. The first-order valence-electron chi connectivity index (χ1n) is 7.93. The third-order valence-electron chi connectivity index (χ3n) is 4.06. The van der Waals surface area contributed by atoms with Crippen molar-refractivity contribution in [3.8, 4) is 17.2 Å². The van der Waals surface area contributed by atoms with Crippen molar-refractivity contribution in [1.82, 2.24) is 0 Å². The maximum Gasteiger partial charge on any atom is 0.232 e.